The van der Waals surface area contributed by atoms with Crippen molar-refractivity contribution >= 4 is 5.84 Å². The second kappa shape index (κ2) is 6.52. The molecule has 106 valence electrons. The third kappa shape index (κ3) is 4.21. The lowest BCUT2D eigenvalue weighted by molar-refractivity contribution is 0.318. The highest BCUT2D eigenvalue weighted by molar-refractivity contribution is 5.97. The summed E-state index contributed by atoms with van der Waals surface area (Å²) >= 11 is 0. The molecule has 5 heteroatoms. The van der Waals surface area contributed by atoms with E-state index in [0.29, 0.717) is 12.1 Å². The number of nitrogens with two attached hydrogens (primary N) is 1. The normalized spacial score (nSPS) is 12.7. The summed E-state index contributed by atoms with van der Waals surface area (Å²) in [4.78, 5) is 0. The lowest BCUT2D eigenvalue weighted by Gasteiger charge is -2.23. The van der Waals surface area contributed by atoms with Gasteiger partial charge in [-0.25, -0.2) is 4.39 Å². The van der Waals surface area contributed by atoms with E-state index >= 15 is 0 Å². The van der Waals surface area contributed by atoms with Crippen molar-refractivity contribution in [3.63, 3.8) is 0 Å². The zero-order valence-corrected chi connectivity index (χ0v) is 11.7. The van der Waals surface area contributed by atoms with Crippen molar-refractivity contribution in [1.29, 1.82) is 0 Å². The number of hydrogen-bond acceptors (Lipinski definition) is 3. The molecule has 0 aliphatic heterocycles. The molecule has 0 spiro atoms. The fourth-order valence-electron chi connectivity index (χ4n) is 1.63. The Balaban J connectivity index is 2.75. The van der Waals surface area contributed by atoms with Gasteiger partial charge in [-0.3, -0.25) is 0 Å². The number of amidine groups is 1. The molecule has 0 radical (unpaired) electrons. The molecule has 0 aliphatic rings. The Hall–Kier alpha value is -1.62. The Bertz CT molecular complexity index is 458. The monoisotopic (exact) mass is 267 g/mol. The molecule has 0 saturated carbocycles. The van der Waals surface area contributed by atoms with Gasteiger partial charge < -0.3 is 16.3 Å². The quantitative estimate of drug-likeness (QED) is 0.321. The minimum atomic E-state index is -0.445. The average molecular weight is 267 g/mol. The van der Waals surface area contributed by atoms with Crippen LogP contribution in [0.5, 0.6) is 0 Å². The first-order valence-electron chi connectivity index (χ1n) is 6.37. The van der Waals surface area contributed by atoms with Gasteiger partial charge in [-0.05, 0) is 17.9 Å². The minimum absolute atomic E-state index is 0.122. The van der Waals surface area contributed by atoms with E-state index in [2.05, 4.69) is 31.2 Å². The highest BCUT2D eigenvalue weighted by Crippen LogP contribution is 2.18. The molecule has 0 bridgehead atoms. The van der Waals surface area contributed by atoms with Crippen LogP contribution in [-0.4, -0.2) is 17.6 Å². The number of oxime groups is 1. The van der Waals surface area contributed by atoms with Crippen LogP contribution in [0.25, 0.3) is 0 Å². The van der Waals surface area contributed by atoms with Crippen molar-refractivity contribution in [3.8, 4) is 0 Å². The Morgan fingerprint density at radius 1 is 1.47 bits per heavy atom. The summed E-state index contributed by atoms with van der Waals surface area (Å²) in [6, 6.07) is 4.87. The second-order valence-corrected chi connectivity index (χ2v) is 5.39. The summed E-state index contributed by atoms with van der Waals surface area (Å²) in [7, 11) is 0. The van der Waals surface area contributed by atoms with E-state index in [4.69, 9.17) is 10.9 Å². The van der Waals surface area contributed by atoms with Gasteiger partial charge in [-0.1, -0.05) is 38.1 Å². The topological polar surface area (TPSA) is 70.6 Å². The summed E-state index contributed by atoms with van der Waals surface area (Å²) in [6.45, 7) is 7.66. The lowest BCUT2D eigenvalue weighted by Crippen LogP contribution is -2.29. The second-order valence-electron chi connectivity index (χ2n) is 5.39. The van der Waals surface area contributed by atoms with Gasteiger partial charge in [0.2, 0.25) is 0 Å². The molecule has 0 aliphatic carbocycles. The van der Waals surface area contributed by atoms with Crippen LogP contribution in [0.2, 0.25) is 0 Å². The first kappa shape index (κ1) is 15.4. The Kier molecular flexibility index (Phi) is 5.30. The van der Waals surface area contributed by atoms with E-state index in [1.807, 2.05) is 0 Å². The molecule has 0 heterocycles. The number of hydrogen-bond donors (Lipinski definition) is 3. The first-order valence-corrected chi connectivity index (χ1v) is 6.37. The molecular formula is C14H22FN3O. The first-order chi connectivity index (χ1) is 8.91. The van der Waals surface area contributed by atoms with Crippen molar-refractivity contribution < 1.29 is 9.60 Å². The predicted molar refractivity (Wildman–Crippen MR) is 74.7 cm³/mol. The number of nitrogens with one attached hydrogen (secondary N) is 1. The molecule has 0 fully saturated rings. The van der Waals surface area contributed by atoms with Crippen LogP contribution in [-0.2, 0) is 6.54 Å². The largest absolute Gasteiger partial charge is 0.409 e. The summed E-state index contributed by atoms with van der Waals surface area (Å²) in [6.07, 6.45) is 1.05. The van der Waals surface area contributed by atoms with Crippen LogP contribution in [0, 0.1) is 11.2 Å². The van der Waals surface area contributed by atoms with E-state index < -0.39 is 5.82 Å². The number of nitrogens with zero attached hydrogens (tertiary/aromatic N) is 1. The van der Waals surface area contributed by atoms with E-state index in [0.717, 1.165) is 13.0 Å². The number of halogens is 1. The van der Waals surface area contributed by atoms with Crippen LogP contribution >= 0.6 is 0 Å². The van der Waals surface area contributed by atoms with Crippen LogP contribution in [0.4, 0.5) is 4.39 Å². The fraction of sp³-hybridized carbons (Fsp3) is 0.500. The van der Waals surface area contributed by atoms with Gasteiger partial charge in [0.05, 0.1) is 5.56 Å². The molecule has 0 saturated heterocycles. The Morgan fingerprint density at radius 2 is 2.16 bits per heavy atom. The maximum atomic E-state index is 14.1. The van der Waals surface area contributed by atoms with E-state index in [1.54, 1.807) is 12.1 Å². The molecule has 0 amide bonds. The molecule has 4 nitrogen and oxygen atoms in total. The standard InChI is InChI=1S/C14H22FN3O/c1-4-14(2,3)9-17-8-10-6-5-7-11(12(10)15)13(16)18-19/h5-7,17,19H,4,8-9H2,1-3H3,(H2,16,18). The fourth-order valence-corrected chi connectivity index (χ4v) is 1.63. The van der Waals surface area contributed by atoms with Crippen LogP contribution in [0.15, 0.2) is 23.4 Å². The zero-order valence-electron chi connectivity index (χ0n) is 11.7. The van der Waals surface area contributed by atoms with E-state index in [1.165, 1.54) is 6.07 Å². The summed E-state index contributed by atoms with van der Waals surface area (Å²) in [5, 5.41) is 14.7. The lowest BCUT2D eigenvalue weighted by atomic mass is 9.90. The van der Waals surface area contributed by atoms with E-state index in [-0.39, 0.29) is 16.8 Å². The molecule has 0 aromatic heterocycles. The molecule has 1 aromatic carbocycles. The highest BCUT2D eigenvalue weighted by atomic mass is 19.1. The van der Waals surface area contributed by atoms with Crippen molar-refractivity contribution in [2.45, 2.75) is 33.7 Å². The highest BCUT2D eigenvalue weighted by Gasteiger charge is 2.15. The van der Waals surface area contributed by atoms with E-state index in [9.17, 15) is 4.39 Å². The van der Waals surface area contributed by atoms with Gasteiger partial charge in [-0.2, -0.15) is 0 Å². The van der Waals surface area contributed by atoms with Gasteiger partial charge in [0.25, 0.3) is 0 Å². The van der Waals surface area contributed by atoms with Crippen molar-refractivity contribution in [3.05, 3.63) is 35.1 Å². The van der Waals surface area contributed by atoms with Crippen LogP contribution in [0.3, 0.4) is 0 Å². The summed E-state index contributed by atoms with van der Waals surface area (Å²) < 4.78 is 14.1. The third-order valence-electron chi connectivity index (χ3n) is 3.34. The van der Waals surface area contributed by atoms with Gasteiger partial charge in [-0.15, -0.1) is 0 Å². The van der Waals surface area contributed by atoms with Gasteiger partial charge in [0.1, 0.15) is 5.82 Å². The van der Waals surface area contributed by atoms with Crippen LogP contribution < -0.4 is 11.1 Å². The summed E-state index contributed by atoms with van der Waals surface area (Å²) in [5.74, 6) is -0.659. The number of benzene rings is 1. The molecule has 0 atom stereocenters. The Morgan fingerprint density at radius 3 is 2.74 bits per heavy atom. The SMILES string of the molecule is CCC(C)(C)CNCc1cccc(/C(N)=N/O)c1F. The predicted octanol–water partition coefficient (Wildman–Crippen LogP) is 2.45. The van der Waals surface area contributed by atoms with Gasteiger partial charge in [0.15, 0.2) is 5.84 Å². The van der Waals surface area contributed by atoms with Crippen LogP contribution in [0.1, 0.15) is 38.3 Å². The van der Waals surface area contributed by atoms with Crippen molar-refractivity contribution in [2.24, 2.45) is 16.3 Å². The average Bonchev–Trinajstić information content (AvgIpc) is 2.40. The van der Waals surface area contributed by atoms with Gasteiger partial charge >= 0.3 is 0 Å². The third-order valence-corrected chi connectivity index (χ3v) is 3.34. The molecule has 0 unspecified atom stereocenters. The molecular weight excluding hydrogens is 245 g/mol. The molecule has 19 heavy (non-hydrogen) atoms. The van der Waals surface area contributed by atoms with Crippen molar-refractivity contribution in [1.82, 2.24) is 5.32 Å². The number of rotatable bonds is 6. The van der Waals surface area contributed by atoms with Crippen molar-refractivity contribution in [2.75, 3.05) is 6.54 Å². The smallest absolute Gasteiger partial charge is 0.173 e. The van der Waals surface area contributed by atoms with Gasteiger partial charge in [0, 0.05) is 18.7 Å². The molecule has 1 aromatic rings. The molecule has 4 N–H and O–H groups in total. The summed E-state index contributed by atoms with van der Waals surface area (Å²) in [5.41, 5.74) is 6.24. The zero-order chi connectivity index (χ0) is 14.5. The Labute approximate surface area is 113 Å². The molecule has 1 rings (SSSR count). The minimum Gasteiger partial charge on any atom is -0.409 e. The maximum absolute atomic E-state index is 14.1. The maximum Gasteiger partial charge on any atom is 0.173 e.